The fraction of sp³-hybridized carbons (Fsp3) is 0.318. The fourth-order valence-corrected chi connectivity index (χ4v) is 3.38. The van der Waals surface area contributed by atoms with Gasteiger partial charge >= 0.3 is 12.1 Å². The normalized spacial score (nSPS) is 13.0. The molecule has 0 bridgehead atoms. The van der Waals surface area contributed by atoms with Crippen molar-refractivity contribution in [2.24, 2.45) is 5.73 Å². The lowest BCUT2D eigenvalue weighted by atomic mass is 9.91. The highest BCUT2D eigenvalue weighted by molar-refractivity contribution is 6.00. The zero-order valence-corrected chi connectivity index (χ0v) is 17.2. The minimum atomic E-state index is -0.718. The lowest BCUT2D eigenvalue weighted by molar-refractivity contribution is 0.0241. The molecule has 0 radical (unpaired) electrons. The number of rotatable bonds is 3. The van der Waals surface area contributed by atoms with Crippen molar-refractivity contribution < 1.29 is 28.2 Å². The highest BCUT2D eigenvalue weighted by atomic mass is 19.1. The average molecular weight is 414 g/mol. The number of carbonyl (C=O) groups is 3. The van der Waals surface area contributed by atoms with Crippen molar-refractivity contribution in [3.8, 4) is 11.1 Å². The molecular weight excluding hydrogens is 391 g/mol. The highest BCUT2D eigenvalue weighted by Gasteiger charge is 2.31. The summed E-state index contributed by atoms with van der Waals surface area (Å²) < 4.78 is 24.0. The highest BCUT2D eigenvalue weighted by Crippen LogP contribution is 2.36. The van der Waals surface area contributed by atoms with Crippen LogP contribution in [0.3, 0.4) is 0 Å². The number of hydrogen-bond acceptors (Lipinski definition) is 5. The Morgan fingerprint density at radius 3 is 2.37 bits per heavy atom. The number of ether oxygens (including phenoxy) is 2. The van der Waals surface area contributed by atoms with Gasteiger partial charge in [-0.3, -0.25) is 9.69 Å². The zero-order valence-electron chi connectivity index (χ0n) is 17.2. The lowest BCUT2D eigenvalue weighted by Crippen LogP contribution is -2.33. The quantitative estimate of drug-likeness (QED) is 0.774. The van der Waals surface area contributed by atoms with E-state index in [1.54, 1.807) is 32.9 Å². The summed E-state index contributed by atoms with van der Waals surface area (Å²) in [5, 5.41) is 0. The SMILES string of the molecule is COC(=O)c1cc(F)ccc1-c1cc(C(N)=O)cc2c1CN(C(=O)OC(C)(C)C)C2. The predicted molar refractivity (Wildman–Crippen MR) is 107 cm³/mol. The zero-order chi connectivity index (χ0) is 22.2. The summed E-state index contributed by atoms with van der Waals surface area (Å²) in [7, 11) is 1.20. The number of hydrogen-bond donors (Lipinski definition) is 1. The number of amides is 2. The monoisotopic (exact) mass is 414 g/mol. The molecule has 1 heterocycles. The summed E-state index contributed by atoms with van der Waals surface area (Å²) in [4.78, 5) is 38.2. The van der Waals surface area contributed by atoms with Crippen molar-refractivity contribution in [2.45, 2.75) is 39.5 Å². The van der Waals surface area contributed by atoms with Gasteiger partial charge in [-0.1, -0.05) is 6.07 Å². The van der Waals surface area contributed by atoms with Crippen molar-refractivity contribution >= 4 is 18.0 Å². The van der Waals surface area contributed by atoms with Crippen molar-refractivity contribution in [1.29, 1.82) is 0 Å². The molecule has 3 rings (SSSR count). The third kappa shape index (κ3) is 4.27. The molecule has 0 saturated heterocycles. The molecule has 158 valence electrons. The number of esters is 1. The van der Waals surface area contributed by atoms with E-state index in [9.17, 15) is 18.8 Å². The van der Waals surface area contributed by atoms with E-state index in [4.69, 9.17) is 15.2 Å². The third-order valence-electron chi connectivity index (χ3n) is 4.67. The third-order valence-corrected chi connectivity index (χ3v) is 4.67. The molecule has 0 saturated carbocycles. The standard InChI is InChI=1S/C22H23FN2O5/c1-22(2,3)30-21(28)25-10-13-7-12(19(24)26)8-16(18(13)11-25)15-6-5-14(23)9-17(15)20(27)29-4/h5-9H,10-11H2,1-4H3,(H2,24,26). The summed E-state index contributed by atoms with van der Waals surface area (Å²) in [5.74, 6) is -1.97. The van der Waals surface area contributed by atoms with Crippen molar-refractivity contribution in [1.82, 2.24) is 4.90 Å². The maximum absolute atomic E-state index is 13.8. The smallest absolute Gasteiger partial charge is 0.410 e. The Morgan fingerprint density at radius 1 is 1.07 bits per heavy atom. The first kappa shape index (κ1) is 21.3. The second-order valence-electron chi connectivity index (χ2n) is 8.04. The molecule has 0 aliphatic carbocycles. The number of nitrogens with two attached hydrogens (primary N) is 1. The number of halogens is 1. The Hall–Kier alpha value is -3.42. The molecule has 2 aromatic carbocycles. The topological polar surface area (TPSA) is 98.9 Å². The molecule has 8 heteroatoms. The fourth-order valence-electron chi connectivity index (χ4n) is 3.38. The van der Waals surface area contributed by atoms with E-state index >= 15 is 0 Å². The van der Waals surface area contributed by atoms with Crippen LogP contribution in [-0.4, -0.2) is 35.6 Å². The van der Waals surface area contributed by atoms with Crippen molar-refractivity contribution in [3.63, 3.8) is 0 Å². The summed E-state index contributed by atoms with van der Waals surface area (Å²) in [5.41, 5.74) is 7.36. The van der Waals surface area contributed by atoms with Crippen LogP contribution in [-0.2, 0) is 22.6 Å². The number of fused-ring (bicyclic) bond motifs is 1. The van der Waals surface area contributed by atoms with E-state index in [0.29, 0.717) is 16.7 Å². The van der Waals surface area contributed by atoms with Gasteiger partial charge in [0, 0.05) is 12.1 Å². The molecule has 2 aromatic rings. The van der Waals surface area contributed by atoms with Crippen LogP contribution in [0.15, 0.2) is 30.3 Å². The van der Waals surface area contributed by atoms with E-state index in [1.807, 2.05) is 0 Å². The van der Waals surface area contributed by atoms with Crippen molar-refractivity contribution in [3.05, 3.63) is 58.4 Å². The number of nitrogens with zero attached hydrogens (tertiary/aromatic N) is 1. The van der Waals surface area contributed by atoms with Crippen LogP contribution in [0.5, 0.6) is 0 Å². The van der Waals surface area contributed by atoms with Crippen LogP contribution < -0.4 is 5.73 Å². The Kier molecular flexibility index (Phi) is 5.52. The van der Waals surface area contributed by atoms with E-state index in [-0.39, 0.29) is 24.2 Å². The van der Waals surface area contributed by atoms with Gasteiger partial charge in [0.2, 0.25) is 5.91 Å². The lowest BCUT2D eigenvalue weighted by Gasteiger charge is -2.24. The van der Waals surface area contributed by atoms with Gasteiger partial charge in [-0.05, 0) is 67.3 Å². The van der Waals surface area contributed by atoms with Crippen LogP contribution in [0, 0.1) is 5.82 Å². The summed E-state index contributed by atoms with van der Waals surface area (Å²) in [6.07, 6.45) is -0.502. The van der Waals surface area contributed by atoms with Crippen LogP contribution in [0.25, 0.3) is 11.1 Å². The van der Waals surface area contributed by atoms with E-state index in [0.717, 1.165) is 11.6 Å². The van der Waals surface area contributed by atoms with E-state index in [1.165, 1.54) is 24.1 Å². The van der Waals surface area contributed by atoms with Crippen LogP contribution in [0.4, 0.5) is 9.18 Å². The van der Waals surface area contributed by atoms with Crippen LogP contribution in [0.2, 0.25) is 0 Å². The molecule has 0 aromatic heterocycles. The van der Waals surface area contributed by atoms with Gasteiger partial charge in [-0.25, -0.2) is 14.0 Å². The minimum absolute atomic E-state index is 0.0111. The molecule has 7 nitrogen and oxygen atoms in total. The van der Waals surface area contributed by atoms with Gasteiger partial charge < -0.3 is 15.2 Å². The Balaban J connectivity index is 2.13. The summed E-state index contributed by atoms with van der Waals surface area (Å²) in [6, 6.07) is 6.89. The Labute approximate surface area is 173 Å². The molecule has 2 amide bonds. The van der Waals surface area contributed by atoms with Crippen molar-refractivity contribution in [2.75, 3.05) is 7.11 Å². The molecule has 0 unspecified atom stereocenters. The summed E-state index contributed by atoms with van der Waals surface area (Å²) in [6.45, 7) is 5.73. The van der Waals surface area contributed by atoms with Gasteiger partial charge in [0.05, 0.1) is 19.2 Å². The minimum Gasteiger partial charge on any atom is -0.465 e. The number of methoxy groups -OCH3 is 1. The molecule has 0 atom stereocenters. The van der Waals surface area contributed by atoms with Crippen LogP contribution in [0.1, 0.15) is 52.6 Å². The first-order valence-corrected chi connectivity index (χ1v) is 9.32. The van der Waals surface area contributed by atoms with Gasteiger partial charge in [0.15, 0.2) is 0 Å². The first-order valence-electron chi connectivity index (χ1n) is 9.32. The predicted octanol–water partition coefficient (Wildman–Crippen LogP) is 3.63. The van der Waals surface area contributed by atoms with Gasteiger partial charge in [-0.2, -0.15) is 0 Å². The molecule has 0 fully saturated rings. The number of benzene rings is 2. The van der Waals surface area contributed by atoms with Gasteiger partial charge in [0.25, 0.3) is 0 Å². The molecule has 1 aliphatic rings. The molecule has 30 heavy (non-hydrogen) atoms. The maximum atomic E-state index is 13.8. The number of carbonyl (C=O) groups excluding carboxylic acids is 3. The largest absolute Gasteiger partial charge is 0.465 e. The molecule has 0 spiro atoms. The molecule has 2 N–H and O–H groups in total. The molecular formula is C22H23FN2O5. The Bertz CT molecular complexity index is 1040. The Morgan fingerprint density at radius 2 is 1.77 bits per heavy atom. The van der Waals surface area contributed by atoms with E-state index in [2.05, 4.69) is 0 Å². The van der Waals surface area contributed by atoms with Crippen LogP contribution >= 0.6 is 0 Å². The number of primary amides is 1. The first-order chi connectivity index (χ1) is 14.0. The maximum Gasteiger partial charge on any atom is 0.410 e. The van der Waals surface area contributed by atoms with Gasteiger partial charge in [0.1, 0.15) is 11.4 Å². The second kappa shape index (κ2) is 7.78. The van der Waals surface area contributed by atoms with Gasteiger partial charge in [-0.15, -0.1) is 0 Å². The average Bonchev–Trinajstić information content (AvgIpc) is 3.09. The van der Waals surface area contributed by atoms with E-state index < -0.39 is 29.4 Å². The second-order valence-corrected chi connectivity index (χ2v) is 8.04. The summed E-state index contributed by atoms with van der Waals surface area (Å²) >= 11 is 0. The molecule has 1 aliphatic heterocycles.